The second-order valence-corrected chi connectivity index (χ2v) is 4.75. The van der Waals surface area contributed by atoms with Crippen LogP contribution >= 0.6 is 0 Å². The Balaban J connectivity index is 2.15. The van der Waals surface area contributed by atoms with E-state index in [0.29, 0.717) is 11.5 Å². The van der Waals surface area contributed by atoms with Gasteiger partial charge in [-0.1, -0.05) is 28.9 Å². The third kappa shape index (κ3) is 3.25. The fourth-order valence-electron chi connectivity index (χ4n) is 1.46. The molecule has 0 aliphatic carbocycles. The molecule has 90 valence electrons. The van der Waals surface area contributed by atoms with Crippen molar-refractivity contribution in [2.45, 2.75) is 13.5 Å². The molecule has 1 aromatic carbocycles. The van der Waals surface area contributed by atoms with Crippen LogP contribution in [-0.4, -0.2) is 15.6 Å². The van der Waals surface area contributed by atoms with Gasteiger partial charge in [0.25, 0.3) is 0 Å². The zero-order valence-electron chi connectivity index (χ0n) is 9.67. The third-order valence-electron chi connectivity index (χ3n) is 2.23. The molecule has 1 unspecified atom stereocenters. The summed E-state index contributed by atoms with van der Waals surface area (Å²) in [5.41, 5.74) is 2.77. The Morgan fingerprint density at radius 1 is 1.41 bits per heavy atom. The predicted octanol–water partition coefficient (Wildman–Crippen LogP) is 2.46. The first-order chi connectivity index (χ1) is 8.15. The first kappa shape index (κ1) is 12.0. The van der Waals surface area contributed by atoms with E-state index < -0.39 is 11.1 Å². The molecule has 0 radical (unpaired) electrons. The van der Waals surface area contributed by atoms with Crippen LogP contribution in [-0.2, 0) is 21.9 Å². The van der Waals surface area contributed by atoms with Crippen molar-refractivity contribution in [2.24, 2.45) is 0 Å². The van der Waals surface area contributed by atoms with Gasteiger partial charge in [-0.25, -0.2) is 4.21 Å². The van der Waals surface area contributed by atoms with Crippen LogP contribution in [0.25, 0.3) is 11.3 Å². The van der Waals surface area contributed by atoms with Crippen LogP contribution < -0.4 is 0 Å². The van der Waals surface area contributed by atoms with Crippen molar-refractivity contribution in [1.82, 2.24) is 5.16 Å². The molecule has 17 heavy (non-hydrogen) atoms. The van der Waals surface area contributed by atoms with Gasteiger partial charge in [-0.05, 0) is 13.0 Å². The Morgan fingerprint density at radius 2 is 2.24 bits per heavy atom. The molecule has 0 N–H and O–H groups in total. The van der Waals surface area contributed by atoms with Gasteiger partial charge in [0.2, 0.25) is 0 Å². The quantitative estimate of drug-likeness (QED) is 0.837. The van der Waals surface area contributed by atoms with E-state index in [2.05, 4.69) is 5.16 Å². The molecule has 2 aromatic rings. The topological polar surface area (TPSA) is 52.3 Å². The van der Waals surface area contributed by atoms with E-state index in [1.54, 1.807) is 6.07 Å². The molecule has 1 atom stereocenters. The Labute approximate surface area is 102 Å². The highest BCUT2D eigenvalue weighted by Crippen LogP contribution is 2.21. The average molecular weight is 251 g/mol. The molecule has 0 spiro atoms. The number of hydrogen-bond donors (Lipinski definition) is 0. The lowest BCUT2D eigenvalue weighted by atomic mass is 10.1. The molecular weight excluding hydrogens is 238 g/mol. The van der Waals surface area contributed by atoms with Gasteiger partial charge in [-0.3, -0.25) is 4.18 Å². The van der Waals surface area contributed by atoms with E-state index in [1.807, 2.05) is 31.2 Å². The number of hydrogen-bond acceptors (Lipinski definition) is 4. The van der Waals surface area contributed by atoms with Crippen molar-refractivity contribution < 1.29 is 12.9 Å². The highest BCUT2D eigenvalue weighted by Gasteiger charge is 2.07. The fraction of sp³-hybridized carbons (Fsp3) is 0.250. The molecular formula is C12H13NO3S. The molecule has 0 saturated heterocycles. The summed E-state index contributed by atoms with van der Waals surface area (Å²) in [6.07, 6.45) is 1.47. The Kier molecular flexibility index (Phi) is 3.71. The molecule has 0 saturated carbocycles. The lowest BCUT2D eigenvalue weighted by molar-refractivity contribution is 0.319. The minimum absolute atomic E-state index is 0.193. The molecule has 0 aliphatic heterocycles. The van der Waals surface area contributed by atoms with Gasteiger partial charge < -0.3 is 4.52 Å². The van der Waals surface area contributed by atoms with E-state index in [0.717, 1.165) is 11.1 Å². The maximum absolute atomic E-state index is 10.8. The van der Waals surface area contributed by atoms with E-state index >= 15 is 0 Å². The number of aromatic nitrogens is 1. The highest BCUT2D eigenvalue weighted by atomic mass is 32.2. The number of rotatable bonds is 4. The van der Waals surface area contributed by atoms with E-state index in [9.17, 15) is 4.21 Å². The Hall–Kier alpha value is -1.46. The monoisotopic (exact) mass is 251 g/mol. The minimum atomic E-state index is -1.29. The predicted molar refractivity (Wildman–Crippen MR) is 65.5 cm³/mol. The van der Waals surface area contributed by atoms with Crippen molar-refractivity contribution in [2.75, 3.05) is 6.26 Å². The van der Waals surface area contributed by atoms with Gasteiger partial charge in [-0.2, -0.15) is 0 Å². The standard InChI is InChI=1S/C12H13NO3S/c1-9-4-3-5-10(6-9)12-7-11(13-16-12)8-15-17(2)14/h3-7H,8H2,1-2H3. The van der Waals surface area contributed by atoms with E-state index in [1.165, 1.54) is 6.26 Å². The second kappa shape index (κ2) is 5.25. The molecule has 1 aromatic heterocycles. The largest absolute Gasteiger partial charge is 0.356 e. The van der Waals surface area contributed by atoms with Crippen molar-refractivity contribution in [1.29, 1.82) is 0 Å². The summed E-state index contributed by atoms with van der Waals surface area (Å²) in [4.78, 5) is 0. The molecule has 0 bridgehead atoms. The fourth-order valence-corrected chi connectivity index (χ4v) is 1.74. The summed E-state index contributed by atoms with van der Waals surface area (Å²) in [7, 11) is 0. The summed E-state index contributed by atoms with van der Waals surface area (Å²) in [6.45, 7) is 2.21. The first-order valence-corrected chi connectivity index (χ1v) is 6.63. The van der Waals surface area contributed by atoms with Crippen molar-refractivity contribution in [3.8, 4) is 11.3 Å². The summed E-state index contributed by atoms with van der Waals surface area (Å²) >= 11 is -1.29. The number of benzene rings is 1. The Bertz CT molecular complexity index is 536. The van der Waals surface area contributed by atoms with Gasteiger partial charge in [-0.15, -0.1) is 0 Å². The molecule has 0 fully saturated rings. The summed E-state index contributed by atoms with van der Waals surface area (Å²) in [5, 5.41) is 3.86. The van der Waals surface area contributed by atoms with Crippen LogP contribution in [0.1, 0.15) is 11.3 Å². The van der Waals surface area contributed by atoms with Crippen LogP contribution in [0.3, 0.4) is 0 Å². The zero-order valence-corrected chi connectivity index (χ0v) is 10.5. The number of aryl methyl sites for hydroxylation is 1. The van der Waals surface area contributed by atoms with Crippen molar-refractivity contribution in [3.05, 3.63) is 41.6 Å². The van der Waals surface area contributed by atoms with Crippen LogP contribution in [0.4, 0.5) is 0 Å². The highest BCUT2D eigenvalue weighted by molar-refractivity contribution is 7.79. The lowest BCUT2D eigenvalue weighted by Gasteiger charge is -1.96. The maximum atomic E-state index is 10.8. The van der Waals surface area contributed by atoms with Gasteiger partial charge in [0, 0.05) is 17.9 Å². The van der Waals surface area contributed by atoms with Gasteiger partial charge in [0.05, 0.1) is 0 Å². The zero-order chi connectivity index (χ0) is 12.3. The van der Waals surface area contributed by atoms with Crippen LogP contribution in [0.2, 0.25) is 0 Å². The molecule has 2 rings (SSSR count). The summed E-state index contributed by atoms with van der Waals surface area (Å²) in [6, 6.07) is 9.75. The first-order valence-electron chi connectivity index (χ1n) is 5.14. The molecule has 0 amide bonds. The van der Waals surface area contributed by atoms with Crippen LogP contribution in [0.5, 0.6) is 0 Å². The summed E-state index contributed by atoms with van der Waals surface area (Å²) in [5.74, 6) is 0.689. The summed E-state index contributed by atoms with van der Waals surface area (Å²) < 4.78 is 20.9. The van der Waals surface area contributed by atoms with Gasteiger partial charge in [0.1, 0.15) is 12.3 Å². The van der Waals surface area contributed by atoms with Crippen molar-refractivity contribution >= 4 is 11.1 Å². The second-order valence-electron chi connectivity index (χ2n) is 3.72. The average Bonchev–Trinajstić information content (AvgIpc) is 2.75. The smallest absolute Gasteiger partial charge is 0.167 e. The van der Waals surface area contributed by atoms with Crippen LogP contribution in [0, 0.1) is 6.92 Å². The third-order valence-corrected chi connectivity index (χ3v) is 2.68. The number of nitrogens with zero attached hydrogens (tertiary/aromatic N) is 1. The maximum Gasteiger partial charge on any atom is 0.167 e. The van der Waals surface area contributed by atoms with Gasteiger partial charge in [0.15, 0.2) is 16.8 Å². The molecule has 0 aliphatic rings. The lowest BCUT2D eigenvalue weighted by Crippen LogP contribution is -1.94. The molecule has 1 heterocycles. The van der Waals surface area contributed by atoms with Gasteiger partial charge >= 0.3 is 0 Å². The van der Waals surface area contributed by atoms with E-state index in [4.69, 9.17) is 8.71 Å². The normalized spacial score (nSPS) is 12.6. The minimum Gasteiger partial charge on any atom is -0.356 e. The Morgan fingerprint density at radius 3 is 2.94 bits per heavy atom. The SMILES string of the molecule is Cc1cccc(-c2cc(COS(C)=O)no2)c1. The van der Waals surface area contributed by atoms with Crippen molar-refractivity contribution in [3.63, 3.8) is 0 Å². The van der Waals surface area contributed by atoms with E-state index in [-0.39, 0.29) is 6.61 Å². The van der Waals surface area contributed by atoms with Crippen LogP contribution in [0.15, 0.2) is 34.9 Å². The molecule has 5 heteroatoms. The molecule has 4 nitrogen and oxygen atoms in total.